The lowest BCUT2D eigenvalue weighted by Crippen LogP contribution is -2.30. The number of aliphatic hydroxyl groups is 1. The monoisotopic (exact) mass is 243 g/mol. The quantitative estimate of drug-likeness (QED) is 0.396. The second-order valence-electron chi connectivity index (χ2n) is 3.61. The van der Waals surface area contributed by atoms with E-state index in [4.69, 9.17) is 15.9 Å². The molecule has 1 aromatic carbocycles. The van der Waals surface area contributed by atoms with Gasteiger partial charge in [-0.2, -0.15) is 0 Å². The number of hydrogen-bond donors (Lipinski definition) is 6. The summed E-state index contributed by atoms with van der Waals surface area (Å²) in [6.07, 6.45) is -1.84. The zero-order valence-electron chi connectivity index (χ0n) is 8.74. The van der Waals surface area contributed by atoms with Gasteiger partial charge < -0.3 is 31.3 Å². The molecule has 0 heterocycles. The number of nitrogens with two attached hydrogens (primary N) is 1. The van der Waals surface area contributed by atoms with Crippen LogP contribution < -0.4 is 5.73 Å². The number of carboxylic acid groups (broad SMARTS) is 1. The van der Waals surface area contributed by atoms with E-state index in [9.17, 15) is 20.1 Å². The van der Waals surface area contributed by atoms with Crippen molar-refractivity contribution in [3.05, 3.63) is 17.7 Å². The molecule has 0 aromatic heterocycles. The molecule has 0 aliphatic rings. The van der Waals surface area contributed by atoms with E-state index in [2.05, 4.69) is 0 Å². The minimum Gasteiger partial charge on any atom is -0.504 e. The van der Waals surface area contributed by atoms with Crippen molar-refractivity contribution >= 4 is 5.97 Å². The molecule has 0 saturated carbocycles. The molecule has 2 unspecified atom stereocenters. The highest BCUT2D eigenvalue weighted by atomic mass is 16.4. The van der Waals surface area contributed by atoms with Gasteiger partial charge in [0.05, 0.1) is 12.5 Å². The largest absolute Gasteiger partial charge is 0.504 e. The van der Waals surface area contributed by atoms with Crippen molar-refractivity contribution in [2.75, 3.05) is 0 Å². The van der Waals surface area contributed by atoms with E-state index in [1.165, 1.54) is 0 Å². The average Bonchev–Trinajstić information content (AvgIpc) is 2.23. The molecular weight excluding hydrogens is 230 g/mol. The van der Waals surface area contributed by atoms with Crippen LogP contribution in [0.1, 0.15) is 18.1 Å². The van der Waals surface area contributed by atoms with Crippen LogP contribution in [-0.2, 0) is 4.79 Å². The molecule has 1 aromatic rings. The Labute approximate surface area is 96.4 Å². The fourth-order valence-corrected chi connectivity index (χ4v) is 1.36. The molecule has 7 N–H and O–H groups in total. The predicted molar refractivity (Wildman–Crippen MR) is 56.6 cm³/mol. The van der Waals surface area contributed by atoms with Gasteiger partial charge >= 0.3 is 5.97 Å². The number of phenolic OH excluding ortho intramolecular Hbond substituents is 3. The zero-order chi connectivity index (χ0) is 13.2. The minimum absolute atomic E-state index is 0.0200. The van der Waals surface area contributed by atoms with E-state index in [1.807, 2.05) is 0 Å². The Hall–Kier alpha value is -1.99. The van der Waals surface area contributed by atoms with Gasteiger partial charge in [-0.1, -0.05) is 0 Å². The molecular formula is C10H13NO6. The number of hydrogen-bond acceptors (Lipinski definition) is 6. The second kappa shape index (κ2) is 4.89. The summed E-state index contributed by atoms with van der Waals surface area (Å²) in [5, 5.41) is 45.7. The van der Waals surface area contributed by atoms with Crippen LogP contribution >= 0.6 is 0 Å². The van der Waals surface area contributed by atoms with E-state index in [0.717, 1.165) is 12.1 Å². The Morgan fingerprint density at radius 3 is 2.12 bits per heavy atom. The number of phenols is 3. The molecule has 2 atom stereocenters. The smallest absolute Gasteiger partial charge is 0.305 e. The van der Waals surface area contributed by atoms with Crippen LogP contribution in [-0.4, -0.2) is 37.5 Å². The molecule has 17 heavy (non-hydrogen) atoms. The van der Waals surface area contributed by atoms with Crippen molar-refractivity contribution in [3.8, 4) is 17.2 Å². The summed E-state index contributed by atoms with van der Waals surface area (Å²) in [5.41, 5.74) is 5.45. The van der Waals surface area contributed by atoms with Crippen LogP contribution in [0.15, 0.2) is 12.1 Å². The molecule has 0 amide bonds. The normalized spacial score (nSPS) is 14.2. The topological polar surface area (TPSA) is 144 Å². The van der Waals surface area contributed by atoms with Crippen LogP contribution in [0.4, 0.5) is 0 Å². The number of aliphatic hydroxyl groups excluding tert-OH is 1. The molecule has 94 valence electrons. The molecule has 7 heteroatoms. The predicted octanol–water partition coefficient (Wildman–Crippen LogP) is -0.361. The molecule has 7 nitrogen and oxygen atoms in total. The molecule has 0 fully saturated rings. The van der Waals surface area contributed by atoms with E-state index in [0.29, 0.717) is 0 Å². The molecule has 0 spiro atoms. The van der Waals surface area contributed by atoms with Crippen LogP contribution in [0.25, 0.3) is 0 Å². The average molecular weight is 243 g/mol. The summed E-state index contributed by atoms with van der Waals surface area (Å²) in [7, 11) is 0. The third-order valence-electron chi connectivity index (χ3n) is 2.25. The van der Waals surface area contributed by atoms with Crippen molar-refractivity contribution in [3.63, 3.8) is 0 Å². The van der Waals surface area contributed by atoms with Gasteiger partial charge in [-0.05, 0) is 17.7 Å². The second-order valence-corrected chi connectivity index (χ2v) is 3.61. The van der Waals surface area contributed by atoms with Gasteiger partial charge in [0, 0.05) is 6.04 Å². The Kier molecular flexibility index (Phi) is 3.77. The summed E-state index contributed by atoms with van der Waals surface area (Å²) >= 11 is 0. The van der Waals surface area contributed by atoms with E-state index in [-0.39, 0.29) is 5.56 Å². The highest BCUT2D eigenvalue weighted by Gasteiger charge is 2.22. The first-order valence-corrected chi connectivity index (χ1v) is 4.73. The van der Waals surface area contributed by atoms with Gasteiger partial charge in [0.2, 0.25) is 0 Å². The standard InChI is InChI=1S/C10H13NO6/c11-5(3-8(14)15)9(16)4-1-6(12)10(17)7(13)2-4/h1-2,5,9,12-13,16-17H,3,11H2,(H,14,15). The Morgan fingerprint density at radius 1 is 1.24 bits per heavy atom. The number of carbonyl (C=O) groups is 1. The summed E-state index contributed by atoms with van der Waals surface area (Å²) in [4.78, 5) is 10.4. The highest BCUT2D eigenvalue weighted by molar-refractivity contribution is 5.67. The molecule has 0 saturated heterocycles. The van der Waals surface area contributed by atoms with Crippen molar-refractivity contribution in [2.45, 2.75) is 18.6 Å². The molecule has 0 radical (unpaired) electrons. The third-order valence-corrected chi connectivity index (χ3v) is 2.25. The van der Waals surface area contributed by atoms with Crippen LogP contribution in [0.3, 0.4) is 0 Å². The number of aromatic hydroxyl groups is 3. The first kappa shape index (κ1) is 13.1. The maximum atomic E-state index is 10.4. The van der Waals surface area contributed by atoms with E-state index >= 15 is 0 Å². The minimum atomic E-state index is -1.37. The summed E-state index contributed by atoms with van der Waals surface area (Å²) in [6.45, 7) is 0. The number of aliphatic carboxylic acids is 1. The van der Waals surface area contributed by atoms with Gasteiger partial charge in [-0.25, -0.2) is 0 Å². The van der Waals surface area contributed by atoms with Crippen molar-refractivity contribution in [1.82, 2.24) is 0 Å². The van der Waals surface area contributed by atoms with Crippen molar-refractivity contribution < 1.29 is 30.3 Å². The van der Waals surface area contributed by atoms with Gasteiger partial charge in [0.1, 0.15) is 0 Å². The maximum absolute atomic E-state index is 10.4. The fraction of sp³-hybridized carbons (Fsp3) is 0.300. The number of carboxylic acids is 1. The van der Waals surface area contributed by atoms with Gasteiger partial charge in [-0.3, -0.25) is 4.79 Å². The van der Waals surface area contributed by atoms with Crippen LogP contribution in [0, 0.1) is 0 Å². The lowest BCUT2D eigenvalue weighted by molar-refractivity contribution is -0.138. The molecule has 0 aliphatic carbocycles. The maximum Gasteiger partial charge on any atom is 0.305 e. The SMILES string of the molecule is NC(CC(=O)O)C(O)c1cc(O)c(O)c(O)c1. The van der Waals surface area contributed by atoms with Crippen molar-refractivity contribution in [2.24, 2.45) is 5.73 Å². The highest BCUT2D eigenvalue weighted by Crippen LogP contribution is 2.37. The summed E-state index contributed by atoms with van der Waals surface area (Å²) < 4.78 is 0. The lowest BCUT2D eigenvalue weighted by Gasteiger charge is -2.18. The Morgan fingerprint density at radius 2 is 1.71 bits per heavy atom. The Balaban J connectivity index is 2.96. The number of benzene rings is 1. The van der Waals surface area contributed by atoms with Crippen molar-refractivity contribution in [1.29, 1.82) is 0 Å². The Bertz CT molecular complexity index is 410. The molecule has 0 bridgehead atoms. The van der Waals surface area contributed by atoms with Crippen LogP contribution in [0.5, 0.6) is 17.2 Å². The first-order chi connectivity index (χ1) is 7.82. The van der Waals surface area contributed by atoms with Gasteiger partial charge in [0.15, 0.2) is 17.2 Å². The number of rotatable bonds is 4. The van der Waals surface area contributed by atoms with Gasteiger partial charge in [0.25, 0.3) is 0 Å². The van der Waals surface area contributed by atoms with E-state index in [1.54, 1.807) is 0 Å². The fourth-order valence-electron chi connectivity index (χ4n) is 1.36. The summed E-state index contributed by atoms with van der Waals surface area (Å²) in [5.74, 6) is -3.14. The molecule has 1 rings (SSSR count). The summed E-state index contributed by atoms with van der Waals surface area (Å²) in [6, 6.07) is 0.916. The molecule has 0 aliphatic heterocycles. The lowest BCUT2D eigenvalue weighted by atomic mass is 10.00. The van der Waals surface area contributed by atoms with E-state index < -0.39 is 41.8 Å². The first-order valence-electron chi connectivity index (χ1n) is 4.73. The zero-order valence-corrected chi connectivity index (χ0v) is 8.74. The van der Waals surface area contributed by atoms with Gasteiger partial charge in [-0.15, -0.1) is 0 Å². The third kappa shape index (κ3) is 2.99. The van der Waals surface area contributed by atoms with Crippen LogP contribution in [0.2, 0.25) is 0 Å².